The molecule has 0 fully saturated rings. The quantitative estimate of drug-likeness (QED) is 0.871. The molecule has 0 aliphatic heterocycles. The number of hydrogen-bond donors (Lipinski definition) is 1. The lowest BCUT2D eigenvalue weighted by Gasteiger charge is -2.26. The summed E-state index contributed by atoms with van der Waals surface area (Å²) in [7, 11) is 4.81. The third-order valence-corrected chi connectivity index (χ3v) is 3.09. The van der Waals surface area contributed by atoms with E-state index in [4.69, 9.17) is 9.47 Å². The van der Waals surface area contributed by atoms with Crippen molar-refractivity contribution in [2.45, 2.75) is 26.7 Å². The summed E-state index contributed by atoms with van der Waals surface area (Å²) in [5.74, 6) is 1.28. The maximum absolute atomic E-state index is 12.1. The number of methoxy groups -OCH3 is 2. The highest BCUT2D eigenvalue weighted by atomic mass is 16.5. The molecule has 0 saturated carbocycles. The molecule has 1 N–H and O–H groups in total. The molecular weight excluding hydrogens is 256 g/mol. The van der Waals surface area contributed by atoms with Gasteiger partial charge in [-0.1, -0.05) is 13.3 Å². The van der Waals surface area contributed by atoms with Gasteiger partial charge in [0.2, 0.25) is 0 Å². The van der Waals surface area contributed by atoms with Crippen LogP contribution in [0.1, 0.15) is 25.3 Å². The Bertz CT molecular complexity index is 435. The molecular formula is C15H24N2O3. The monoisotopic (exact) mass is 280 g/mol. The number of amides is 2. The molecule has 5 nitrogen and oxygen atoms in total. The van der Waals surface area contributed by atoms with Crippen molar-refractivity contribution in [2.24, 2.45) is 0 Å². The van der Waals surface area contributed by atoms with Crippen LogP contribution in [0, 0.1) is 6.92 Å². The van der Waals surface area contributed by atoms with Crippen molar-refractivity contribution in [2.75, 3.05) is 32.7 Å². The average Bonchev–Trinajstić information content (AvgIpc) is 2.47. The highest BCUT2D eigenvalue weighted by Gasteiger charge is 2.22. The summed E-state index contributed by atoms with van der Waals surface area (Å²) >= 11 is 0. The highest BCUT2D eigenvalue weighted by Crippen LogP contribution is 2.39. The van der Waals surface area contributed by atoms with Crippen LogP contribution < -0.4 is 19.7 Å². The van der Waals surface area contributed by atoms with Gasteiger partial charge in [-0.05, 0) is 31.0 Å². The molecule has 0 aliphatic carbocycles. The molecule has 0 spiro atoms. The van der Waals surface area contributed by atoms with Crippen molar-refractivity contribution in [3.63, 3.8) is 0 Å². The fourth-order valence-electron chi connectivity index (χ4n) is 2.06. The predicted molar refractivity (Wildman–Crippen MR) is 81.0 cm³/mol. The summed E-state index contributed by atoms with van der Waals surface area (Å²) in [6, 6.07) is 3.64. The van der Waals surface area contributed by atoms with E-state index in [9.17, 15) is 4.79 Å². The van der Waals surface area contributed by atoms with Gasteiger partial charge in [0.25, 0.3) is 0 Å². The van der Waals surface area contributed by atoms with Crippen LogP contribution in [-0.2, 0) is 0 Å². The van der Waals surface area contributed by atoms with Crippen molar-refractivity contribution >= 4 is 11.7 Å². The van der Waals surface area contributed by atoms with Crippen molar-refractivity contribution in [1.82, 2.24) is 5.32 Å². The Kier molecular flexibility index (Phi) is 6.15. The Morgan fingerprint density at radius 2 is 1.80 bits per heavy atom. The third kappa shape index (κ3) is 3.56. The molecule has 2 amide bonds. The zero-order chi connectivity index (χ0) is 15.1. The normalized spacial score (nSPS) is 10.1. The third-order valence-electron chi connectivity index (χ3n) is 3.09. The largest absolute Gasteiger partial charge is 0.494 e. The molecule has 0 atom stereocenters. The van der Waals surface area contributed by atoms with E-state index in [2.05, 4.69) is 12.2 Å². The van der Waals surface area contributed by atoms with Crippen molar-refractivity contribution < 1.29 is 14.3 Å². The molecule has 0 unspecified atom stereocenters. The molecule has 0 aliphatic rings. The number of carbonyl (C=O) groups excluding carboxylic acids is 1. The molecule has 20 heavy (non-hydrogen) atoms. The van der Waals surface area contributed by atoms with Gasteiger partial charge < -0.3 is 14.8 Å². The number of urea groups is 1. The Labute approximate surface area is 120 Å². The SMILES string of the molecule is CCCCN(C(=O)NC)c1c(OC)cc(C)cc1OC. The van der Waals surface area contributed by atoms with E-state index in [-0.39, 0.29) is 6.03 Å². The first-order valence-electron chi connectivity index (χ1n) is 6.80. The van der Waals surface area contributed by atoms with Crippen LogP contribution in [0.25, 0.3) is 0 Å². The topological polar surface area (TPSA) is 50.8 Å². The molecule has 0 saturated heterocycles. The number of rotatable bonds is 6. The Morgan fingerprint density at radius 1 is 1.25 bits per heavy atom. The van der Waals surface area contributed by atoms with Crippen LogP contribution in [0.4, 0.5) is 10.5 Å². The number of aryl methyl sites for hydroxylation is 1. The van der Waals surface area contributed by atoms with E-state index >= 15 is 0 Å². The van der Waals surface area contributed by atoms with Crippen LogP contribution in [-0.4, -0.2) is 33.8 Å². The van der Waals surface area contributed by atoms with Crippen molar-refractivity contribution in [1.29, 1.82) is 0 Å². The molecule has 0 bridgehead atoms. The van der Waals surface area contributed by atoms with Gasteiger partial charge in [0.15, 0.2) is 0 Å². The van der Waals surface area contributed by atoms with Gasteiger partial charge in [-0.2, -0.15) is 0 Å². The molecule has 1 rings (SSSR count). The van der Waals surface area contributed by atoms with Crippen LogP contribution in [0.3, 0.4) is 0 Å². The number of benzene rings is 1. The summed E-state index contributed by atoms with van der Waals surface area (Å²) in [5.41, 5.74) is 1.70. The van der Waals surface area contributed by atoms with Crippen LogP contribution in [0.15, 0.2) is 12.1 Å². The second kappa shape index (κ2) is 7.62. The van der Waals surface area contributed by atoms with Crippen molar-refractivity contribution in [3.8, 4) is 11.5 Å². The highest BCUT2D eigenvalue weighted by molar-refractivity contribution is 5.95. The molecule has 0 radical (unpaired) electrons. The first kappa shape index (κ1) is 16.1. The Hall–Kier alpha value is -1.91. The summed E-state index contributed by atoms with van der Waals surface area (Å²) in [4.78, 5) is 13.8. The minimum Gasteiger partial charge on any atom is -0.494 e. The van der Waals surface area contributed by atoms with E-state index in [1.807, 2.05) is 19.1 Å². The second-order valence-corrected chi connectivity index (χ2v) is 4.58. The maximum Gasteiger partial charge on any atom is 0.321 e. The number of carbonyl (C=O) groups is 1. The summed E-state index contributed by atoms with van der Waals surface area (Å²) in [6.45, 7) is 4.67. The second-order valence-electron chi connectivity index (χ2n) is 4.58. The Morgan fingerprint density at radius 3 is 2.20 bits per heavy atom. The van der Waals surface area contributed by atoms with Gasteiger partial charge in [-0.15, -0.1) is 0 Å². The fourth-order valence-corrected chi connectivity index (χ4v) is 2.06. The number of ether oxygens (including phenoxy) is 2. The van der Waals surface area contributed by atoms with E-state index in [0.717, 1.165) is 18.4 Å². The Balaban J connectivity index is 3.32. The summed E-state index contributed by atoms with van der Waals surface area (Å²) < 4.78 is 10.8. The summed E-state index contributed by atoms with van der Waals surface area (Å²) in [6.07, 6.45) is 1.91. The number of anilines is 1. The van der Waals surface area contributed by atoms with E-state index < -0.39 is 0 Å². The van der Waals surface area contributed by atoms with Gasteiger partial charge >= 0.3 is 6.03 Å². The number of unbranched alkanes of at least 4 members (excludes halogenated alkanes) is 1. The standard InChI is InChI=1S/C15H24N2O3/c1-6-7-8-17(15(18)16-3)14-12(19-4)9-11(2)10-13(14)20-5/h9-10H,6-8H2,1-5H3,(H,16,18). The fraction of sp³-hybridized carbons (Fsp3) is 0.533. The minimum absolute atomic E-state index is 0.168. The maximum atomic E-state index is 12.1. The number of nitrogens with one attached hydrogen (secondary N) is 1. The number of hydrogen-bond acceptors (Lipinski definition) is 3. The smallest absolute Gasteiger partial charge is 0.321 e. The van der Waals surface area contributed by atoms with Gasteiger partial charge in [0, 0.05) is 13.6 Å². The predicted octanol–water partition coefficient (Wildman–Crippen LogP) is 2.96. The molecule has 112 valence electrons. The van der Waals surface area contributed by atoms with Gasteiger partial charge in [-0.25, -0.2) is 4.79 Å². The first-order valence-corrected chi connectivity index (χ1v) is 6.80. The van der Waals surface area contributed by atoms with Gasteiger partial charge in [-0.3, -0.25) is 4.90 Å². The van der Waals surface area contributed by atoms with Crippen LogP contribution in [0.2, 0.25) is 0 Å². The summed E-state index contributed by atoms with van der Waals surface area (Å²) in [5, 5.41) is 2.67. The molecule has 0 aromatic heterocycles. The molecule has 1 aromatic carbocycles. The molecule has 0 heterocycles. The zero-order valence-corrected chi connectivity index (χ0v) is 12.9. The van der Waals surface area contributed by atoms with Crippen LogP contribution >= 0.6 is 0 Å². The van der Waals surface area contributed by atoms with Gasteiger partial charge in [0.05, 0.1) is 14.2 Å². The van der Waals surface area contributed by atoms with Crippen molar-refractivity contribution in [3.05, 3.63) is 17.7 Å². The van der Waals surface area contributed by atoms with E-state index in [1.54, 1.807) is 26.2 Å². The molecule has 1 aromatic rings. The average molecular weight is 280 g/mol. The first-order chi connectivity index (χ1) is 9.58. The number of nitrogens with zero attached hydrogens (tertiary/aromatic N) is 1. The van der Waals surface area contributed by atoms with E-state index in [1.165, 1.54) is 0 Å². The molecule has 5 heteroatoms. The zero-order valence-electron chi connectivity index (χ0n) is 12.9. The lowest BCUT2D eigenvalue weighted by atomic mass is 10.1. The minimum atomic E-state index is -0.168. The van der Waals surface area contributed by atoms with Gasteiger partial charge in [0.1, 0.15) is 17.2 Å². The van der Waals surface area contributed by atoms with Crippen LogP contribution in [0.5, 0.6) is 11.5 Å². The lowest BCUT2D eigenvalue weighted by molar-refractivity contribution is 0.247. The lowest BCUT2D eigenvalue weighted by Crippen LogP contribution is -2.39. The van der Waals surface area contributed by atoms with E-state index in [0.29, 0.717) is 23.7 Å².